The van der Waals surface area contributed by atoms with Crippen molar-refractivity contribution in [3.8, 4) is 0 Å². The van der Waals surface area contributed by atoms with Crippen LogP contribution in [0.5, 0.6) is 0 Å². The average Bonchev–Trinajstić information content (AvgIpc) is 2.35. The number of benzene rings is 1. The molecule has 2 N–H and O–H groups in total. The zero-order valence-corrected chi connectivity index (χ0v) is 10.8. The summed E-state index contributed by atoms with van der Waals surface area (Å²) in [5, 5.41) is 0. The third-order valence-corrected chi connectivity index (χ3v) is 2.78. The Labute approximate surface area is 111 Å². The molecule has 1 aromatic carbocycles. The first kappa shape index (κ1) is 16.0. The maximum Gasteiger partial charge on any atom is 0.411 e. The molecule has 1 aromatic rings. The van der Waals surface area contributed by atoms with Crippen LogP contribution in [0.1, 0.15) is 24.8 Å². The molecule has 1 unspecified atom stereocenters. The Morgan fingerprint density at radius 2 is 1.79 bits per heavy atom. The summed E-state index contributed by atoms with van der Waals surface area (Å²) in [5.74, 6) is 0. The molecule has 2 nitrogen and oxygen atoms in total. The van der Waals surface area contributed by atoms with Crippen LogP contribution < -0.4 is 5.73 Å². The summed E-state index contributed by atoms with van der Waals surface area (Å²) in [6.45, 7) is -1.13. The standard InChI is InChI=1S/C14H20F3NO/c15-14(16,17)11-19-10-9-13(18)8-4-7-12-5-2-1-3-6-12/h1-3,5-6,13H,4,7-11,18H2. The van der Waals surface area contributed by atoms with E-state index in [0.29, 0.717) is 6.42 Å². The monoisotopic (exact) mass is 275 g/mol. The number of alkyl halides is 3. The first-order valence-corrected chi connectivity index (χ1v) is 6.41. The van der Waals surface area contributed by atoms with Crippen molar-refractivity contribution in [1.29, 1.82) is 0 Å². The van der Waals surface area contributed by atoms with Crippen molar-refractivity contribution in [3.63, 3.8) is 0 Å². The highest BCUT2D eigenvalue weighted by molar-refractivity contribution is 5.14. The molecule has 0 heterocycles. The molecule has 0 radical (unpaired) electrons. The lowest BCUT2D eigenvalue weighted by molar-refractivity contribution is -0.174. The summed E-state index contributed by atoms with van der Waals surface area (Å²) in [4.78, 5) is 0. The van der Waals surface area contributed by atoms with Gasteiger partial charge in [-0.1, -0.05) is 30.3 Å². The topological polar surface area (TPSA) is 35.2 Å². The van der Waals surface area contributed by atoms with Crippen LogP contribution in [0.2, 0.25) is 0 Å². The zero-order valence-electron chi connectivity index (χ0n) is 10.8. The van der Waals surface area contributed by atoms with Crippen LogP contribution in [0, 0.1) is 0 Å². The van der Waals surface area contributed by atoms with E-state index in [1.165, 1.54) is 5.56 Å². The first-order valence-electron chi connectivity index (χ1n) is 6.41. The first-order chi connectivity index (χ1) is 8.97. The smallest absolute Gasteiger partial charge is 0.372 e. The number of ether oxygens (including phenoxy) is 1. The lowest BCUT2D eigenvalue weighted by Gasteiger charge is -2.12. The second-order valence-corrected chi connectivity index (χ2v) is 4.59. The van der Waals surface area contributed by atoms with Gasteiger partial charge in [0.1, 0.15) is 6.61 Å². The van der Waals surface area contributed by atoms with Crippen LogP contribution in [-0.4, -0.2) is 25.4 Å². The quantitative estimate of drug-likeness (QED) is 0.739. The van der Waals surface area contributed by atoms with E-state index in [0.717, 1.165) is 19.3 Å². The molecule has 0 bridgehead atoms. The molecule has 1 atom stereocenters. The maximum atomic E-state index is 11.8. The van der Waals surface area contributed by atoms with E-state index < -0.39 is 12.8 Å². The van der Waals surface area contributed by atoms with E-state index in [1.54, 1.807) is 0 Å². The van der Waals surface area contributed by atoms with Crippen LogP contribution in [0.25, 0.3) is 0 Å². The summed E-state index contributed by atoms with van der Waals surface area (Å²) in [7, 11) is 0. The number of rotatable bonds is 8. The molecule has 0 amide bonds. The van der Waals surface area contributed by atoms with E-state index >= 15 is 0 Å². The highest BCUT2D eigenvalue weighted by Crippen LogP contribution is 2.14. The van der Waals surface area contributed by atoms with Gasteiger partial charge in [-0.2, -0.15) is 13.2 Å². The van der Waals surface area contributed by atoms with Gasteiger partial charge >= 0.3 is 6.18 Å². The Balaban J connectivity index is 2.04. The molecule has 19 heavy (non-hydrogen) atoms. The Morgan fingerprint density at radius 3 is 2.42 bits per heavy atom. The number of halogens is 3. The Morgan fingerprint density at radius 1 is 1.11 bits per heavy atom. The van der Waals surface area contributed by atoms with Gasteiger partial charge in [-0.25, -0.2) is 0 Å². The van der Waals surface area contributed by atoms with Crippen LogP contribution in [0.3, 0.4) is 0 Å². The lowest BCUT2D eigenvalue weighted by atomic mass is 10.0. The van der Waals surface area contributed by atoms with Crippen molar-refractivity contribution in [2.45, 2.75) is 37.9 Å². The minimum Gasteiger partial charge on any atom is -0.372 e. The second kappa shape index (κ2) is 8.17. The molecule has 0 aliphatic heterocycles. The zero-order chi connectivity index (χ0) is 14.1. The summed E-state index contributed by atoms with van der Waals surface area (Å²) in [6.07, 6.45) is -1.12. The predicted molar refractivity (Wildman–Crippen MR) is 68.8 cm³/mol. The van der Waals surface area contributed by atoms with Gasteiger partial charge in [0.05, 0.1) is 0 Å². The highest BCUT2D eigenvalue weighted by Gasteiger charge is 2.27. The minimum atomic E-state index is -4.25. The van der Waals surface area contributed by atoms with E-state index in [1.807, 2.05) is 18.2 Å². The molecule has 0 aromatic heterocycles. The van der Waals surface area contributed by atoms with Gasteiger partial charge in [0.15, 0.2) is 0 Å². The number of aryl methyl sites for hydroxylation is 1. The minimum absolute atomic E-state index is 0.0615. The maximum absolute atomic E-state index is 11.8. The lowest BCUT2D eigenvalue weighted by Crippen LogP contribution is -2.24. The molecule has 0 fully saturated rings. The van der Waals surface area contributed by atoms with Crippen molar-refractivity contribution in [1.82, 2.24) is 0 Å². The summed E-state index contributed by atoms with van der Waals surface area (Å²) < 4.78 is 40.0. The highest BCUT2D eigenvalue weighted by atomic mass is 19.4. The number of hydrogen-bond donors (Lipinski definition) is 1. The molecule has 0 saturated carbocycles. The molecule has 0 aliphatic rings. The molecule has 1 rings (SSSR count). The van der Waals surface area contributed by atoms with E-state index in [9.17, 15) is 13.2 Å². The van der Waals surface area contributed by atoms with Gasteiger partial charge in [0, 0.05) is 12.6 Å². The Kier molecular flexibility index (Phi) is 6.87. The molecular weight excluding hydrogens is 255 g/mol. The Hall–Kier alpha value is -1.07. The average molecular weight is 275 g/mol. The fourth-order valence-electron chi connectivity index (χ4n) is 1.78. The third kappa shape index (κ3) is 8.61. The van der Waals surface area contributed by atoms with Crippen LogP contribution in [0.15, 0.2) is 30.3 Å². The fourth-order valence-corrected chi connectivity index (χ4v) is 1.78. The van der Waals surface area contributed by atoms with E-state index in [4.69, 9.17) is 5.73 Å². The molecule has 108 valence electrons. The van der Waals surface area contributed by atoms with E-state index in [2.05, 4.69) is 16.9 Å². The van der Waals surface area contributed by atoms with Crippen molar-refractivity contribution in [3.05, 3.63) is 35.9 Å². The summed E-state index contributed by atoms with van der Waals surface area (Å²) >= 11 is 0. The molecule has 0 saturated heterocycles. The van der Waals surface area contributed by atoms with Crippen LogP contribution >= 0.6 is 0 Å². The third-order valence-electron chi connectivity index (χ3n) is 2.78. The largest absolute Gasteiger partial charge is 0.411 e. The number of hydrogen-bond acceptors (Lipinski definition) is 2. The SMILES string of the molecule is NC(CCCc1ccccc1)CCOCC(F)(F)F. The van der Waals surface area contributed by atoms with Crippen LogP contribution in [0.4, 0.5) is 13.2 Å². The molecular formula is C14H20F3NO. The molecule has 0 aliphatic carbocycles. The normalized spacial score (nSPS) is 13.5. The van der Waals surface area contributed by atoms with Crippen molar-refractivity contribution >= 4 is 0 Å². The second-order valence-electron chi connectivity index (χ2n) is 4.59. The van der Waals surface area contributed by atoms with Crippen LogP contribution in [-0.2, 0) is 11.2 Å². The van der Waals surface area contributed by atoms with Gasteiger partial charge in [-0.15, -0.1) is 0 Å². The fraction of sp³-hybridized carbons (Fsp3) is 0.571. The van der Waals surface area contributed by atoms with Crippen molar-refractivity contribution in [2.75, 3.05) is 13.2 Å². The summed E-state index contributed by atoms with van der Waals surface area (Å²) in [6, 6.07) is 9.95. The molecule has 0 spiro atoms. The predicted octanol–water partition coefficient (Wildman–Crippen LogP) is 3.31. The van der Waals surface area contributed by atoms with E-state index in [-0.39, 0.29) is 12.6 Å². The Bertz CT molecular complexity index is 340. The van der Waals surface area contributed by atoms with Gasteiger partial charge < -0.3 is 10.5 Å². The van der Waals surface area contributed by atoms with Gasteiger partial charge in [-0.3, -0.25) is 0 Å². The van der Waals surface area contributed by atoms with Crippen molar-refractivity contribution in [2.24, 2.45) is 5.73 Å². The number of nitrogens with two attached hydrogens (primary N) is 1. The van der Waals surface area contributed by atoms with Gasteiger partial charge in [0.25, 0.3) is 0 Å². The van der Waals surface area contributed by atoms with Gasteiger partial charge in [0.2, 0.25) is 0 Å². The van der Waals surface area contributed by atoms with Crippen molar-refractivity contribution < 1.29 is 17.9 Å². The molecule has 5 heteroatoms. The van der Waals surface area contributed by atoms with Gasteiger partial charge in [-0.05, 0) is 31.2 Å². The summed E-state index contributed by atoms with van der Waals surface area (Å²) in [5.41, 5.74) is 7.08.